The smallest absolute Gasteiger partial charge is 0.432 e. The molecule has 9 nitrogen and oxygen atoms in total. The molecule has 0 atom stereocenters. The second-order valence-electron chi connectivity index (χ2n) is 12.3. The Morgan fingerprint density at radius 3 is 2.40 bits per heavy atom. The molecule has 1 amide bonds. The Kier molecular flexibility index (Phi) is 8.22. The number of fused-ring (bicyclic) bond motifs is 1. The monoisotopic (exact) mass is 600 g/mol. The molecule has 4 aromatic heterocycles. The van der Waals surface area contributed by atoms with Crippen LogP contribution in [-0.2, 0) is 23.1 Å². The van der Waals surface area contributed by atoms with E-state index in [2.05, 4.69) is 52.6 Å². The van der Waals surface area contributed by atoms with E-state index in [-0.39, 0.29) is 22.2 Å². The van der Waals surface area contributed by atoms with Gasteiger partial charge in [-0.25, -0.2) is 0 Å². The quantitative estimate of drug-likeness (QED) is 0.170. The molecule has 0 saturated heterocycles. The molecule has 0 aliphatic rings. The van der Waals surface area contributed by atoms with Crippen molar-refractivity contribution in [3.8, 4) is 0 Å². The molecule has 0 fully saturated rings. The van der Waals surface area contributed by atoms with Gasteiger partial charge in [0.15, 0.2) is 14.0 Å². The molecule has 0 aromatic carbocycles. The van der Waals surface area contributed by atoms with Gasteiger partial charge in [0.05, 0.1) is 11.1 Å². The number of rotatable bonds is 10. The average Bonchev–Trinajstić information content (AvgIpc) is 3.52. The number of aromatic nitrogens is 5. The molecule has 4 aromatic rings. The fraction of sp³-hybridized carbons (Fsp3) is 0.414. The van der Waals surface area contributed by atoms with E-state index >= 15 is 0 Å². The Morgan fingerprint density at radius 2 is 1.76 bits per heavy atom. The Hall–Kier alpha value is -3.84. The number of alkyl halides is 3. The van der Waals surface area contributed by atoms with E-state index < -0.39 is 38.2 Å². The normalized spacial score (nSPS) is 13.0. The van der Waals surface area contributed by atoms with E-state index in [1.165, 1.54) is 18.3 Å². The lowest BCUT2D eigenvalue weighted by atomic mass is 9.93. The summed E-state index contributed by atoms with van der Waals surface area (Å²) < 4.78 is 41.4. The van der Waals surface area contributed by atoms with Crippen molar-refractivity contribution < 1.29 is 27.6 Å². The summed E-state index contributed by atoms with van der Waals surface area (Å²) in [6.45, 7) is 11.8. The van der Waals surface area contributed by atoms with E-state index in [9.17, 15) is 27.6 Å². The number of anilines is 1. The van der Waals surface area contributed by atoms with Gasteiger partial charge in [-0.05, 0) is 69.1 Å². The van der Waals surface area contributed by atoms with E-state index in [4.69, 9.17) is 0 Å². The standard InChI is InChI=1S/C29H35F3N6O3Si/c1-27(2,10-11-28(3,4)42(5,6)41)38-17-21(20-16-33-12-8-23(20)38)26(40)22-15-19(7-13-34-22)35-25(39)18-37-14-9-24(36-37)29(30,31)32/h7-9,12-17,41H,10-11,18H2,1-6H3,(H,34,35,39). The highest BCUT2D eigenvalue weighted by atomic mass is 28.4. The molecule has 0 radical (unpaired) electrons. The van der Waals surface area contributed by atoms with Gasteiger partial charge < -0.3 is 14.7 Å². The van der Waals surface area contributed by atoms with Gasteiger partial charge in [0, 0.05) is 47.6 Å². The largest absolute Gasteiger partial charge is 0.435 e. The Labute approximate surface area is 242 Å². The van der Waals surface area contributed by atoms with Gasteiger partial charge in [-0.1, -0.05) is 13.8 Å². The number of amides is 1. The summed E-state index contributed by atoms with van der Waals surface area (Å²) in [5.41, 5.74) is 0.0965. The first kappa shape index (κ1) is 31.1. The van der Waals surface area contributed by atoms with Crippen LogP contribution in [0.2, 0.25) is 18.1 Å². The van der Waals surface area contributed by atoms with Gasteiger partial charge in [-0.3, -0.25) is 24.2 Å². The van der Waals surface area contributed by atoms with E-state index in [1.807, 2.05) is 19.2 Å². The van der Waals surface area contributed by atoms with Gasteiger partial charge in [0.25, 0.3) is 0 Å². The molecule has 0 spiro atoms. The third-order valence-electron chi connectivity index (χ3n) is 8.03. The number of hydrogen-bond acceptors (Lipinski definition) is 6. The molecule has 0 saturated carbocycles. The highest BCUT2D eigenvalue weighted by Crippen LogP contribution is 2.43. The number of hydrogen-bond donors (Lipinski definition) is 2. The summed E-state index contributed by atoms with van der Waals surface area (Å²) in [7, 11) is -2.40. The predicted molar refractivity (Wildman–Crippen MR) is 156 cm³/mol. The third-order valence-corrected chi connectivity index (χ3v) is 11.6. The lowest BCUT2D eigenvalue weighted by molar-refractivity contribution is -0.141. The maximum atomic E-state index is 13.7. The predicted octanol–water partition coefficient (Wildman–Crippen LogP) is 6.01. The summed E-state index contributed by atoms with van der Waals surface area (Å²) in [4.78, 5) is 45.4. The van der Waals surface area contributed by atoms with Crippen LogP contribution in [0, 0.1) is 0 Å². The topological polar surface area (TPSA) is 115 Å². The molecular weight excluding hydrogens is 565 g/mol. The van der Waals surface area contributed by atoms with Crippen molar-refractivity contribution >= 4 is 36.6 Å². The SMILES string of the molecule is CC(C)(CCC(C)(C)[Si](C)(C)O)n1cc(C(=O)c2cc(NC(=O)Cn3ccc(C(F)(F)F)n3)ccn2)c2cnccc21. The number of nitrogens with zero attached hydrogens (tertiary/aromatic N) is 5. The maximum absolute atomic E-state index is 13.7. The summed E-state index contributed by atoms with van der Waals surface area (Å²) in [5, 5.41) is 6.42. The van der Waals surface area contributed by atoms with Gasteiger partial charge >= 0.3 is 6.18 Å². The van der Waals surface area contributed by atoms with Crippen LogP contribution in [0.25, 0.3) is 10.9 Å². The minimum absolute atomic E-state index is 0.0844. The number of carbonyl (C=O) groups is 2. The Morgan fingerprint density at radius 1 is 1.05 bits per heavy atom. The number of nitrogens with one attached hydrogen (secondary N) is 1. The molecule has 4 heterocycles. The van der Waals surface area contributed by atoms with Crippen LogP contribution in [0.4, 0.5) is 18.9 Å². The van der Waals surface area contributed by atoms with Crippen LogP contribution in [0.1, 0.15) is 62.3 Å². The van der Waals surface area contributed by atoms with Crippen LogP contribution in [0.5, 0.6) is 0 Å². The third kappa shape index (κ3) is 6.62. The highest BCUT2D eigenvalue weighted by molar-refractivity contribution is 6.72. The second-order valence-corrected chi connectivity index (χ2v) is 16.7. The van der Waals surface area contributed by atoms with Crippen molar-refractivity contribution in [3.05, 3.63) is 72.2 Å². The first-order valence-corrected chi connectivity index (χ1v) is 16.4. The summed E-state index contributed by atoms with van der Waals surface area (Å²) >= 11 is 0. The zero-order valence-electron chi connectivity index (χ0n) is 24.5. The van der Waals surface area contributed by atoms with Crippen molar-refractivity contribution in [1.82, 2.24) is 24.3 Å². The van der Waals surface area contributed by atoms with Crippen molar-refractivity contribution in [1.29, 1.82) is 0 Å². The minimum atomic E-state index is -4.61. The van der Waals surface area contributed by atoms with Crippen molar-refractivity contribution in [3.63, 3.8) is 0 Å². The highest BCUT2D eigenvalue weighted by Gasteiger charge is 2.39. The Bertz CT molecular complexity index is 1620. The average molecular weight is 601 g/mol. The first-order chi connectivity index (χ1) is 19.4. The van der Waals surface area contributed by atoms with Gasteiger partial charge in [0.1, 0.15) is 12.2 Å². The fourth-order valence-electron chi connectivity index (χ4n) is 4.52. The zero-order valence-corrected chi connectivity index (χ0v) is 25.5. The molecule has 0 unspecified atom stereocenters. The number of ketones is 1. The lowest BCUT2D eigenvalue weighted by Crippen LogP contribution is -2.40. The molecular formula is C29H35F3N6O3Si. The van der Waals surface area contributed by atoms with Crippen LogP contribution >= 0.6 is 0 Å². The molecule has 0 bridgehead atoms. The lowest BCUT2D eigenvalue weighted by Gasteiger charge is -2.38. The van der Waals surface area contributed by atoms with Crippen molar-refractivity contribution in [2.45, 2.75) is 76.9 Å². The summed E-state index contributed by atoms with van der Waals surface area (Å²) in [6.07, 6.45) is 4.50. The van der Waals surface area contributed by atoms with Crippen molar-refractivity contribution in [2.75, 3.05) is 5.32 Å². The molecule has 42 heavy (non-hydrogen) atoms. The first-order valence-electron chi connectivity index (χ1n) is 13.5. The van der Waals surface area contributed by atoms with Crippen LogP contribution in [-0.4, -0.2) is 49.1 Å². The fourth-order valence-corrected chi connectivity index (χ4v) is 5.26. The van der Waals surface area contributed by atoms with Crippen LogP contribution < -0.4 is 5.32 Å². The van der Waals surface area contributed by atoms with Crippen LogP contribution in [0.3, 0.4) is 0 Å². The van der Waals surface area contributed by atoms with Gasteiger partial charge in [-0.2, -0.15) is 18.3 Å². The van der Waals surface area contributed by atoms with E-state index in [1.54, 1.807) is 18.6 Å². The van der Waals surface area contributed by atoms with Crippen LogP contribution in [0.15, 0.2) is 55.2 Å². The summed E-state index contributed by atoms with van der Waals surface area (Å²) in [6, 6.07) is 5.55. The molecule has 13 heteroatoms. The minimum Gasteiger partial charge on any atom is -0.432 e. The number of halogens is 3. The molecule has 2 N–H and O–H groups in total. The summed E-state index contributed by atoms with van der Waals surface area (Å²) in [5.74, 6) is -0.985. The van der Waals surface area contributed by atoms with Gasteiger partial charge in [-0.15, -0.1) is 0 Å². The molecule has 224 valence electrons. The Balaban J connectivity index is 1.56. The van der Waals surface area contributed by atoms with Gasteiger partial charge in [0.2, 0.25) is 11.7 Å². The molecule has 4 rings (SSSR count). The second kappa shape index (κ2) is 11.1. The number of carbonyl (C=O) groups excluding carboxylic acids is 2. The van der Waals surface area contributed by atoms with E-state index in [0.29, 0.717) is 10.9 Å². The zero-order chi connectivity index (χ0) is 31.1. The van der Waals surface area contributed by atoms with Crippen molar-refractivity contribution in [2.24, 2.45) is 0 Å². The molecule has 0 aliphatic carbocycles. The van der Waals surface area contributed by atoms with E-state index in [0.717, 1.165) is 35.3 Å². The number of pyridine rings is 2. The maximum Gasteiger partial charge on any atom is 0.435 e. The molecule has 0 aliphatic heterocycles.